The molecule has 0 amide bonds. The zero-order valence-electron chi connectivity index (χ0n) is 8.52. The molecule has 2 aromatic rings. The number of carbonyl (C=O) groups is 1. The van der Waals surface area contributed by atoms with Gasteiger partial charge in [-0.2, -0.15) is 0 Å². The molecule has 0 aliphatic heterocycles. The number of aromatic carboxylic acids is 1. The van der Waals surface area contributed by atoms with Gasteiger partial charge in [0.15, 0.2) is 0 Å². The van der Waals surface area contributed by atoms with Crippen molar-refractivity contribution >= 4 is 29.2 Å². The summed E-state index contributed by atoms with van der Waals surface area (Å²) in [6.45, 7) is 0. The zero-order chi connectivity index (χ0) is 12.4. The Morgan fingerprint density at radius 1 is 1.12 bits per heavy atom. The highest BCUT2D eigenvalue weighted by atomic mass is 35.5. The molecule has 0 aliphatic rings. The number of hydrogen-bond acceptors (Lipinski definition) is 2. The Morgan fingerprint density at radius 3 is 2.29 bits per heavy atom. The minimum Gasteiger partial charge on any atom is -0.478 e. The maximum atomic E-state index is 11.1. The van der Waals surface area contributed by atoms with Crippen molar-refractivity contribution in [3.05, 3.63) is 52.3 Å². The van der Waals surface area contributed by atoms with Crippen molar-refractivity contribution in [2.45, 2.75) is 0 Å². The van der Waals surface area contributed by atoms with Gasteiger partial charge in [-0.05, 0) is 29.3 Å². The third kappa shape index (κ3) is 2.57. The van der Waals surface area contributed by atoms with Gasteiger partial charge in [0.05, 0.1) is 5.56 Å². The molecule has 0 saturated carbocycles. The molecule has 0 bridgehead atoms. The number of aromatic nitrogens is 1. The Hall–Kier alpha value is -1.58. The average Bonchev–Trinajstić information content (AvgIpc) is 2.27. The van der Waals surface area contributed by atoms with Crippen molar-refractivity contribution in [3.63, 3.8) is 0 Å². The SMILES string of the molecule is O=C(O)c1ccccc1-c1cc(Cl)nc(Cl)c1. The molecule has 1 aromatic carbocycles. The van der Waals surface area contributed by atoms with E-state index in [-0.39, 0.29) is 15.9 Å². The van der Waals surface area contributed by atoms with Crippen LogP contribution in [-0.2, 0) is 0 Å². The first-order chi connectivity index (χ1) is 8.08. The van der Waals surface area contributed by atoms with Gasteiger partial charge < -0.3 is 5.11 Å². The van der Waals surface area contributed by atoms with Crippen LogP contribution in [0.2, 0.25) is 10.3 Å². The van der Waals surface area contributed by atoms with E-state index in [9.17, 15) is 4.79 Å². The molecule has 1 heterocycles. The lowest BCUT2D eigenvalue weighted by atomic mass is 10.0. The number of hydrogen-bond donors (Lipinski definition) is 1. The van der Waals surface area contributed by atoms with Gasteiger partial charge >= 0.3 is 5.97 Å². The largest absolute Gasteiger partial charge is 0.478 e. The summed E-state index contributed by atoms with van der Waals surface area (Å²) in [6.07, 6.45) is 0. The maximum absolute atomic E-state index is 11.1. The average molecular weight is 268 g/mol. The van der Waals surface area contributed by atoms with Gasteiger partial charge in [0.2, 0.25) is 0 Å². The molecule has 0 fully saturated rings. The summed E-state index contributed by atoms with van der Waals surface area (Å²) in [4.78, 5) is 14.9. The Balaban J connectivity index is 2.64. The third-order valence-corrected chi connectivity index (χ3v) is 2.62. The molecule has 5 heteroatoms. The fraction of sp³-hybridized carbons (Fsp3) is 0. The monoisotopic (exact) mass is 267 g/mol. The lowest BCUT2D eigenvalue weighted by molar-refractivity contribution is 0.0697. The van der Waals surface area contributed by atoms with E-state index in [2.05, 4.69) is 4.98 Å². The second-order valence-corrected chi connectivity index (χ2v) is 4.13. The number of carboxylic acid groups (broad SMARTS) is 1. The summed E-state index contributed by atoms with van der Waals surface area (Å²) in [5.74, 6) is -0.996. The van der Waals surface area contributed by atoms with Crippen LogP contribution in [0.25, 0.3) is 11.1 Å². The van der Waals surface area contributed by atoms with Crippen LogP contribution in [0.4, 0.5) is 0 Å². The summed E-state index contributed by atoms with van der Waals surface area (Å²) in [5, 5.41) is 9.54. The first-order valence-corrected chi connectivity index (χ1v) is 5.49. The summed E-state index contributed by atoms with van der Waals surface area (Å²) in [7, 11) is 0. The van der Waals surface area contributed by atoms with Crippen molar-refractivity contribution in [1.82, 2.24) is 4.98 Å². The van der Waals surface area contributed by atoms with Crippen LogP contribution in [0.5, 0.6) is 0 Å². The van der Waals surface area contributed by atoms with Crippen LogP contribution < -0.4 is 0 Å². The number of nitrogens with zero attached hydrogens (tertiary/aromatic N) is 1. The maximum Gasteiger partial charge on any atom is 0.336 e. The van der Waals surface area contributed by atoms with E-state index in [4.69, 9.17) is 28.3 Å². The fourth-order valence-corrected chi connectivity index (χ4v) is 2.00. The van der Waals surface area contributed by atoms with E-state index < -0.39 is 5.97 Å². The second-order valence-electron chi connectivity index (χ2n) is 3.35. The number of pyridine rings is 1. The van der Waals surface area contributed by atoms with Crippen LogP contribution in [0, 0.1) is 0 Å². The highest BCUT2D eigenvalue weighted by Gasteiger charge is 2.11. The van der Waals surface area contributed by atoms with Gasteiger partial charge in [-0.25, -0.2) is 9.78 Å². The van der Waals surface area contributed by atoms with Gasteiger partial charge in [-0.15, -0.1) is 0 Å². The first-order valence-electron chi connectivity index (χ1n) is 4.73. The van der Waals surface area contributed by atoms with E-state index in [0.717, 1.165) is 0 Å². The number of rotatable bonds is 2. The Kier molecular flexibility index (Phi) is 3.31. The van der Waals surface area contributed by atoms with Gasteiger partial charge in [0, 0.05) is 0 Å². The van der Waals surface area contributed by atoms with Crippen LogP contribution in [0.15, 0.2) is 36.4 Å². The molecule has 0 spiro atoms. The van der Waals surface area contributed by atoms with E-state index in [1.807, 2.05) is 0 Å². The first kappa shape index (κ1) is 11.9. The zero-order valence-corrected chi connectivity index (χ0v) is 10.0. The summed E-state index contributed by atoms with van der Waals surface area (Å²) in [5.41, 5.74) is 1.39. The van der Waals surface area contributed by atoms with Crippen LogP contribution >= 0.6 is 23.2 Å². The minimum absolute atomic E-state index is 0.200. The molecule has 17 heavy (non-hydrogen) atoms. The number of benzene rings is 1. The Bertz CT molecular complexity index is 564. The second kappa shape index (κ2) is 4.73. The fourth-order valence-electron chi connectivity index (χ4n) is 1.54. The molecule has 1 aromatic heterocycles. The molecule has 0 atom stereocenters. The van der Waals surface area contributed by atoms with E-state index in [1.165, 1.54) is 6.07 Å². The van der Waals surface area contributed by atoms with E-state index >= 15 is 0 Å². The van der Waals surface area contributed by atoms with Crippen LogP contribution in [-0.4, -0.2) is 16.1 Å². The summed E-state index contributed by atoms with van der Waals surface area (Å²) < 4.78 is 0. The van der Waals surface area contributed by atoms with Gasteiger partial charge in [0.25, 0.3) is 0 Å². The highest BCUT2D eigenvalue weighted by Crippen LogP contribution is 2.27. The normalized spacial score (nSPS) is 10.2. The smallest absolute Gasteiger partial charge is 0.336 e. The molecule has 86 valence electrons. The molecular formula is C12H7Cl2NO2. The molecule has 0 radical (unpaired) electrons. The van der Waals surface area contributed by atoms with Crippen molar-refractivity contribution in [1.29, 1.82) is 0 Å². The molecule has 3 nitrogen and oxygen atoms in total. The molecule has 0 aliphatic carbocycles. The Labute approximate surface area is 108 Å². The van der Waals surface area contributed by atoms with Gasteiger partial charge in [-0.1, -0.05) is 41.4 Å². The van der Waals surface area contributed by atoms with Crippen molar-refractivity contribution in [2.24, 2.45) is 0 Å². The molecule has 2 rings (SSSR count). The van der Waals surface area contributed by atoms with Gasteiger partial charge in [-0.3, -0.25) is 0 Å². The minimum atomic E-state index is -0.996. The standard InChI is InChI=1S/C12H7Cl2NO2/c13-10-5-7(6-11(14)15-10)8-3-1-2-4-9(8)12(16)17/h1-6H,(H,16,17). The highest BCUT2D eigenvalue weighted by molar-refractivity contribution is 6.32. The quantitative estimate of drug-likeness (QED) is 0.844. The Morgan fingerprint density at radius 2 is 1.71 bits per heavy atom. The third-order valence-electron chi connectivity index (χ3n) is 2.23. The van der Waals surface area contributed by atoms with Crippen molar-refractivity contribution < 1.29 is 9.90 Å². The predicted octanol–water partition coefficient (Wildman–Crippen LogP) is 3.75. The lowest BCUT2D eigenvalue weighted by Crippen LogP contribution is -1.99. The molecule has 0 saturated heterocycles. The molecule has 1 N–H and O–H groups in total. The van der Waals surface area contributed by atoms with E-state index in [1.54, 1.807) is 30.3 Å². The summed E-state index contributed by atoms with van der Waals surface area (Å²) >= 11 is 11.6. The van der Waals surface area contributed by atoms with Gasteiger partial charge in [0.1, 0.15) is 10.3 Å². The predicted molar refractivity (Wildman–Crippen MR) is 66.7 cm³/mol. The lowest BCUT2D eigenvalue weighted by Gasteiger charge is -2.06. The van der Waals surface area contributed by atoms with Crippen molar-refractivity contribution in [3.8, 4) is 11.1 Å². The number of halogens is 2. The summed E-state index contributed by atoms with van der Waals surface area (Å²) in [6, 6.07) is 9.80. The topological polar surface area (TPSA) is 50.2 Å². The molecule has 0 unspecified atom stereocenters. The van der Waals surface area contributed by atoms with E-state index in [0.29, 0.717) is 11.1 Å². The van der Waals surface area contributed by atoms with Crippen LogP contribution in [0.1, 0.15) is 10.4 Å². The van der Waals surface area contributed by atoms with Crippen LogP contribution in [0.3, 0.4) is 0 Å². The van der Waals surface area contributed by atoms with Crippen molar-refractivity contribution in [2.75, 3.05) is 0 Å². The number of carboxylic acids is 1. The molecular weight excluding hydrogens is 261 g/mol.